The first-order valence-corrected chi connectivity index (χ1v) is 5.43. The number of halogens is 1. The van der Waals surface area contributed by atoms with Gasteiger partial charge in [-0.1, -0.05) is 29.8 Å². The lowest BCUT2D eigenvalue weighted by Crippen LogP contribution is -2.07. The van der Waals surface area contributed by atoms with Crippen LogP contribution in [0.1, 0.15) is 6.42 Å². The molecule has 3 heteroatoms. The lowest BCUT2D eigenvalue weighted by atomic mass is 10.0. The molecule has 1 aliphatic carbocycles. The highest BCUT2D eigenvalue weighted by atomic mass is 35.5. The Bertz CT molecular complexity index is 435. The SMILES string of the molecule is O=CC1CC=C(Oc2ccccc2)C=C1Cl. The second-order valence-electron chi connectivity index (χ2n) is 3.53. The van der Waals surface area contributed by atoms with Gasteiger partial charge in [0.2, 0.25) is 0 Å². The van der Waals surface area contributed by atoms with Gasteiger partial charge in [-0.15, -0.1) is 0 Å². The van der Waals surface area contributed by atoms with Gasteiger partial charge in [-0.2, -0.15) is 0 Å². The molecule has 0 spiro atoms. The summed E-state index contributed by atoms with van der Waals surface area (Å²) < 4.78 is 5.60. The lowest BCUT2D eigenvalue weighted by molar-refractivity contribution is -0.109. The van der Waals surface area contributed by atoms with Crippen molar-refractivity contribution in [3.8, 4) is 5.75 Å². The molecule has 1 aromatic rings. The second kappa shape index (κ2) is 4.99. The Morgan fingerprint density at radius 2 is 2.06 bits per heavy atom. The van der Waals surface area contributed by atoms with Gasteiger partial charge in [0.05, 0.1) is 5.92 Å². The highest BCUT2D eigenvalue weighted by molar-refractivity contribution is 6.31. The summed E-state index contributed by atoms with van der Waals surface area (Å²) in [7, 11) is 0. The van der Waals surface area contributed by atoms with Crippen molar-refractivity contribution in [2.75, 3.05) is 0 Å². The van der Waals surface area contributed by atoms with Crippen LogP contribution in [0, 0.1) is 5.92 Å². The zero-order valence-electron chi connectivity index (χ0n) is 8.60. The first-order chi connectivity index (χ1) is 7.79. The van der Waals surface area contributed by atoms with Crippen LogP contribution in [0.4, 0.5) is 0 Å². The smallest absolute Gasteiger partial charge is 0.128 e. The Hall–Kier alpha value is -1.54. The number of hydrogen-bond acceptors (Lipinski definition) is 2. The molecular weight excluding hydrogens is 224 g/mol. The molecule has 0 N–H and O–H groups in total. The number of para-hydroxylation sites is 1. The van der Waals surface area contributed by atoms with E-state index < -0.39 is 0 Å². The molecule has 2 rings (SSSR count). The number of carbonyl (C=O) groups excluding carboxylic acids is 1. The van der Waals surface area contributed by atoms with E-state index in [0.717, 1.165) is 12.0 Å². The monoisotopic (exact) mass is 234 g/mol. The average Bonchev–Trinajstić information content (AvgIpc) is 2.31. The van der Waals surface area contributed by atoms with Crippen LogP contribution in [0.15, 0.2) is 53.3 Å². The molecule has 1 unspecified atom stereocenters. The number of rotatable bonds is 3. The van der Waals surface area contributed by atoms with Crippen LogP contribution in [-0.4, -0.2) is 6.29 Å². The molecule has 0 fully saturated rings. The predicted molar refractivity (Wildman–Crippen MR) is 63.3 cm³/mol. The molecule has 0 aliphatic heterocycles. The summed E-state index contributed by atoms with van der Waals surface area (Å²) in [4.78, 5) is 10.6. The van der Waals surface area contributed by atoms with E-state index in [9.17, 15) is 4.79 Å². The van der Waals surface area contributed by atoms with Gasteiger partial charge in [-0.25, -0.2) is 0 Å². The van der Waals surface area contributed by atoms with E-state index in [1.165, 1.54) is 0 Å². The summed E-state index contributed by atoms with van der Waals surface area (Å²) in [6.45, 7) is 0. The van der Waals surface area contributed by atoms with Gasteiger partial charge in [0.25, 0.3) is 0 Å². The van der Waals surface area contributed by atoms with E-state index in [4.69, 9.17) is 16.3 Å². The maximum atomic E-state index is 10.6. The molecule has 0 aromatic heterocycles. The van der Waals surface area contributed by atoms with E-state index in [1.807, 2.05) is 36.4 Å². The summed E-state index contributed by atoms with van der Waals surface area (Å²) in [5.74, 6) is 1.23. The van der Waals surface area contributed by atoms with Gasteiger partial charge >= 0.3 is 0 Å². The van der Waals surface area contributed by atoms with Crippen molar-refractivity contribution in [3.05, 3.63) is 53.3 Å². The minimum absolute atomic E-state index is 0.218. The number of allylic oxidation sites excluding steroid dienone is 3. The van der Waals surface area contributed by atoms with Crippen molar-refractivity contribution < 1.29 is 9.53 Å². The van der Waals surface area contributed by atoms with Gasteiger partial charge in [0.15, 0.2) is 0 Å². The molecule has 0 amide bonds. The Balaban J connectivity index is 2.09. The van der Waals surface area contributed by atoms with Crippen molar-refractivity contribution in [3.63, 3.8) is 0 Å². The highest BCUT2D eigenvalue weighted by Gasteiger charge is 2.16. The van der Waals surface area contributed by atoms with Crippen LogP contribution < -0.4 is 4.74 Å². The third kappa shape index (κ3) is 2.52. The van der Waals surface area contributed by atoms with Crippen molar-refractivity contribution in [2.45, 2.75) is 6.42 Å². The highest BCUT2D eigenvalue weighted by Crippen LogP contribution is 2.26. The van der Waals surface area contributed by atoms with E-state index >= 15 is 0 Å². The molecule has 1 aromatic carbocycles. The fraction of sp³-hybridized carbons (Fsp3) is 0.154. The molecular formula is C13H11ClO2. The molecule has 0 radical (unpaired) electrons. The molecule has 0 saturated heterocycles. The summed E-state index contributed by atoms with van der Waals surface area (Å²) in [5, 5.41) is 0.531. The van der Waals surface area contributed by atoms with E-state index in [-0.39, 0.29) is 5.92 Å². The van der Waals surface area contributed by atoms with Gasteiger partial charge in [-0.05, 0) is 30.7 Å². The van der Waals surface area contributed by atoms with Crippen molar-refractivity contribution in [1.29, 1.82) is 0 Å². The van der Waals surface area contributed by atoms with Crippen LogP contribution in [0.25, 0.3) is 0 Å². The van der Waals surface area contributed by atoms with E-state index in [2.05, 4.69) is 0 Å². The van der Waals surface area contributed by atoms with Crippen LogP contribution in [0.2, 0.25) is 0 Å². The van der Waals surface area contributed by atoms with Gasteiger partial charge in [0.1, 0.15) is 17.8 Å². The Morgan fingerprint density at radius 1 is 1.31 bits per heavy atom. The van der Waals surface area contributed by atoms with E-state index in [0.29, 0.717) is 17.2 Å². The Morgan fingerprint density at radius 3 is 2.69 bits per heavy atom. The molecule has 16 heavy (non-hydrogen) atoms. The number of carbonyl (C=O) groups is 1. The van der Waals surface area contributed by atoms with Crippen molar-refractivity contribution >= 4 is 17.9 Å². The minimum atomic E-state index is -0.218. The van der Waals surface area contributed by atoms with Crippen LogP contribution in [0.3, 0.4) is 0 Å². The molecule has 0 bridgehead atoms. The first-order valence-electron chi connectivity index (χ1n) is 5.05. The first kappa shape index (κ1) is 11.0. The second-order valence-corrected chi connectivity index (χ2v) is 3.97. The third-order valence-electron chi connectivity index (χ3n) is 2.35. The normalized spacial score (nSPS) is 19.7. The fourth-order valence-electron chi connectivity index (χ4n) is 1.47. The zero-order valence-corrected chi connectivity index (χ0v) is 9.35. The van der Waals surface area contributed by atoms with E-state index in [1.54, 1.807) is 6.08 Å². The summed E-state index contributed by atoms with van der Waals surface area (Å²) in [6, 6.07) is 9.46. The third-order valence-corrected chi connectivity index (χ3v) is 2.74. The van der Waals surface area contributed by atoms with Crippen molar-refractivity contribution in [2.24, 2.45) is 5.92 Å². The number of ether oxygens (including phenoxy) is 1. The lowest BCUT2D eigenvalue weighted by Gasteiger charge is -2.15. The number of aldehydes is 1. The zero-order chi connectivity index (χ0) is 11.4. The molecule has 1 aliphatic rings. The Labute approximate surface area is 99.2 Å². The van der Waals surface area contributed by atoms with Gasteiger partial charge in [-0.3, -0.25) is 0 Å². The largest absolute Gasteiger partial charge is 0.458 e. The van der Waals surface area contributed by atoms with Crippen LogP contribution >= 0.6 is 11.6 Å². The number of hydrogen-bond donors (Lipinski definition) is 0. The summed E-state index contributed by atoms with van der Waals surface area (Å²) >= 11 is 5.95. The maximum Gasteiger partial charge on any atom is 0.128 e. The quantitative estimate of drug-likeness (QED) is 0.751. The van der Waals surface area contributed by atoms with Crippen molar-refractivity contribution in [1.82, 2.24) is 0 Å². The topological polar surface area (TPSA) is 26.3 Å². The minimum Gasteiger partial charge on any atom is -0.458 e. The van der Waals surface area contributed by atoms with Gasteiger partial charge in [0, 0.05) is 5.03 Å². The molecule has 0 saturated carbocycles. The molecule has 2 nitrogen and oxygen atoms in total. The Kier molecular flexibility index (Phi) is 3.42. The molecule has 82 valence electrons. The van der Waals surface area contributed by atoms with Gasteiger partial charge < -0.3 is 9.53 Å². The maximum absolute atomic E-state index is 10.6. The molecule has 0 heterocycles. The standard InChI is InChI=1S/C13H11ClO2/c14-13-8-12(7-6-10(13)9-15)16-11-4-2-1-3-5-11/h1-5,7-10H,6H2. The summed E-state index contributed by atoms with van der Waals surface area (Å²) in [5.41, 5.74) is 0. The molecule has 1 atom stereocenters. The predicted octanol–water partition coefficient (Wildman–Crippen LogP) is 3.29. The number of benzene rings is 1. The fourth-order valence-corrected chi connectivity index (χ4v) is 1.72. The summed E-state index contributed by atoms with van der Waals surface area (Å²) in [6.07, 6.45) is 5.02. The van der Waals surface area contributed by atoms with Crippen LogP contribution in [0.5, 0.6) is 5.75 Å². The van der Waals surface area contributed by atoms with Crippen LogP contribution in [-0.2, 0) is 4.79 Å². The average molecular weight is 235 g/mol.